The number of rotatable bonds is 3. The average molecular weight is 387 g/mol. The van der Waals surface area contributed by atoms with Gasteiger partial charge >= 0.3 is 0 Å². The number of benzene rings is 2. The number of aliphatic hydroxyl groups is 1. The summed E-state index contributed by atoms with van der Waals surface area (Å²) < 4.78 is 0. The highest BCUT2D eigenvalue weighted by Gasteiger charge is 2.27. The Labute approximate surface area is 163 Å². The van der Waals surface area contributed by atoms with Gasteiger partial charge in [0.1, 0.15) is 11.0 Å². The van der Waals surface area contributed by atoms with Crippen molar-refractivity contribution in [1.82, 2.24) is 4.98 Å². The molecule has 1 unspecified atom stereocenters. The molecule has 1 fully saturated rings. The van der Waals surface area contributed by atoms with Crippen molar-refractivity contribution in [3.63, 3.8) is 0 Å². The van der Waals surface area contributed by atoms with E-state index in [0.29, 0.717) is 10.2 Å². The summed E-state index contributed by atoms with van der Waals surface area (Å²) in [5.41, 5.74) is 0.930. The first-order chi connectivity index (χ1) is 12.6. The van der Waals surface area contributed by atoms with Crippen molar-refractivity contribution < 1.29 is 5.11 Å². The van der Waals surface area contributed by atoms with E-state index in [1.54, 1.807) is 0 Å². The van der Waals surface area contributed by atoms with E-state index in [9.17, 15) is 5.11 Å². The highest BCUT2D eigenvalue weighted by Crippen LogP contribution is 2.34. The third-order valence-electron chi connectivity index (χ3n) is 5.20. The first-order valence-corrected chi connectivity index (χ1v) is 9.61. The van der Waals surface area contributed by atoms with Gasteiger partial charge in [-0.05, 0) is 47.9 Å². The number of nitrogens with zero attached hydrogens (tertiary/aromatic N) is 2. The Morgan fingerprint density at radius 1 is 1.00 bits per heavy atom. The molecular formula is C21H20Cl2N2O. The van der Waals surface area contributed by atoms with Crippen LogP contribution in [0.25, 0.3) is 10.8 Å². The van der Waals surface area contributed by atoms with Gasteiger partial charge in [0.25, 0.3) is 0 Å². The Bertz CT molecular complexity index is 906. The average Bonchev–Trinajstić information content (AvgIpc) is 2.68. The highest BCUT2D eigenvalue weighted by atomic mass is 35.5. The van der Waals surface area contributed by atoms with Gasteiger partial charge in [0.2, 0.25) is 0 Å². The molecule has 0 bridgehead atoms. The number of anilines is 1. The zero-order chi connectivity index (χ0) is 18.1. The predicted octanol–water partition coefficient (Wildman–Crippen LogP) is 5.49. The van der Waals surface area contributed by atoms with Crippen molar-refractivity contribution in [2.75, 3.05) is 18.0 Å². The van der Waals surface area contributed by atoms with Crippen molar-refractivity contribution >= 4 is 39.8 Å². The molecular weight excluding hydrogens is 367 g/mol. The lowest BCUT2D eigenvalue weighted by Crippen LogP contribution is -2.36. The lowest BCUT2D eigenvalue weighted by Gasteiger charge is -2.35. The third-order valence-corrected chi connectivity index (χ3v) is 5.74. The van der Waals surface area contributed by atoms with Crippen LogP contribution in [0.2, 0.25) is 10.2 Å². The summed E-state index contributed by atoms with van der Waals surface area (Å²) in [5.74, 6) is 1.15. The molecule has 0 spiro atoms. The number of pyridine rings is 1. The van der Waals surface area contributed by atoms with Gasteiger partial charge in [-0.2, -0.15) is 0 Å². The number of halogens is 2. The molecule has 134 valence electrons. The largest absolute Gasteiger partial charge is 0.388 e. The van der Waals surface area contributed by atoms with Gasteiger partial charge in [-0.25, -0.2) is 4.98 Å². The Kier molecular flexibility index (Phi) is 5.03. The van der Waals surface area contributed by atoms with E-state index in [2.05, 4.69) is 22.0 Å². The molecule has 2 aromatic carbocycles. The molecule has 1 aliphatic rings. The Morgan fingerprint density at radius 2 is 1.69 bits per heavy atom. The fraction of sp³-hybridized carbons (Fsp3) is 0.286. The quantitative estimate of drug-likeness (QED) is 0.604. The van der Waals surface area contributed by atoms with Gasteiger partial charge in [0.05, 0.1) is 6.10 Å². The van der Waals surface area contributed by atoms with E-state index in [0.717, 1.165) is 48.1 Å². The van der Waals surface area contributed by atoms with Crippen LogP contribution in [0, 0.1) is 5.92 Å². The lowest BCUT2D eigenvalue weighted by atomic mass is 9.87. The summed E-state index contributed by atoms with van der Waals surface area (Å²) in [6.45, 7) is 1.72. The molecule has 0 aliphatic carbocycles. The van der Waals surface area contributed by atoms with Crippen LogP contribution in [0.15, 0.2) is 54.6 Å². The van der Waals surface area contributed by atoms with E-state index >= 15 is 0 Å². The number of fused-ring (bicyclic) bond motifs is 1. The minimum Gasteiger partial charge on any atom is -0.388 e. The number of hydrogen-bond donors (Lipinski definition) is 1. The van der Waals surface area contributed by atoms with Crippen LogP contribution in [0.3, 0.4) is 0 Å². The smallest absolute Gasteiger partial charge is 0.139 e. The minimum atomic E-state index is -0.456. The van der Waals surface area contributed by atoms with Crippen LogP contribution in [0.5, 0.6) is 0 Å². The van der Waals surface area contributed by atoms with Gasteiger partial charge in [-0.15, -0.1) is 0 Å². The Hall–Kier alpha value is -1.81. The van der Waals surface area contributed by atoms with Crippen molar-refractivity contribution in [1.29, 1.82) is 0 Å². The summed E-state index contributed by atoms with van der Waals surface area (Å²) in [6, 6.07) is 17.6. The molecule has 0 amide bonds. The summed E-state index contributed by atoms with van der Waals surface area (Å²) in [4.78, 5) is 6.83. The second kappa shape index (κ2) is 7.43. The summed E-state index contributed by atoms with van der Waals surface area (Å²) >= 11 is 12.3. The molecule has 3 nitrogen and oxygen atoms in total. The van der Waals surface area contributed by atoms with Crippen LogP contribution < -0.4 is 4.90 Å². The zero-order valence-corrected chi connectivity index (χ0v) is 15.8. The molecule has 26 heavy (non-hydrogen) atoms. The number of piperidine rings is 1. The number of aliphatic hydroxyl groups excluding tert-OH is 1. The second-order valence-electron chi connectivity index (χ2n) is 6.81. The fourth-order valence-corrected chi connectivity index (χ4v) is 4.07. The lowest BCUT2D eigenvalue weighted by molar-refractivity contribution is 0.0929. The van der Waals surface area contributed by atoms with Crippen molar-refractivity contribution in [3.8, 4) is 0 Å². The molecule has 0 saturated carbocycles. The molecule has 1 aliphatic heterocycles. The van der Waals surface area contributed by atoms with Gasteiger partial charge in [0, 0.05) is 23.5 Å². The topological polar surface area (TPSA) is 36.4 Å². The molecule has 1 saturated heterocycles. The number of aromatic nitrogens is 1. The monoisotopic (exact) mass is 386 g/mol. The molecule has 3 aromatic rings. The maximum absolute atomic E-state index is 10.7. The van der Waals surface area contributed by atoms with E-state index < -0.39 is 6.10 Å². The minimum absolute atomic E-state index is 0.239. The van der Waals surface area contributed by atoms with Crippen LogP contribution in [0.1, 0.15) is 24.5 Å². The zero-order valence-electron chi connectivity index (χ0n) is 14.3. The molecule has 1 aromatic heterocycles. The summed E-state index contributed by atoms with van der Waals surface area (Å²) in [5, 5.41) is 14.0. The van der Waals surface area contributed by atoms with E-state index in [1.165, 1.54) is 0 Å². The molecule has 1 atom stereocenters. The molecule has 0 radical (unpaired) electrons. The molecule has 1 N–H and O–H groups in total. The maximum Gasteiger partial charge on any atom is 0.139 e. The highest BCUT2D eigenvalue weighted by molar-refractivity contribution is 6.34. The molecule has 4 rings (SSSR count). The normalized spacial score (nSPS) is 16.8. The van der Waals surface area contributed by atoms with E-state index in [1.807, 2.05) is 42.5 Å². The summed E-state index contributed by atoms with van der Waals surface area (Å²) in [6.07, 6.45) is 1.37. The second-order valence-corrected chi connectivity index (χ2v) is 7.61. The molecule has 5 heteroatoms. The Balaban J connectivity index is 1.47. The van der Waals surface area contributed by atoms with Crippen LogP contribution in [0.4, 0.5) is 5.82 Å². The van der Waals surface area contributed by atoms with Gasteiger partial charge in [0.15, 0.2) is 0 Å². The first-order valence-electron chi connectivity index (χ1n) is 8.85. The van der Waals surface area contributed by atoms with Crippen molar-refractivity contribution in [3.05, 3.63) is 70.3 Å². The van der Waals surface area contributed by atoms with Gasteiger partial charge in [-0.1, -0.05) is 59.6 Å². The van der Waals surface area contributed by atoms with Crippen LogP contribution in [-0.4, -0.2) is 23.2 Å². The SMILES string of the molecule is OC(c1ccc(Cl)cc1)C1CCN(c2cc3ccccc3c(Cl)n2)CC1. The van der Waals surface area contributed by atoms with Gasteiger partial charge < -0.3 is 10.0 Å². The molecule has 2 heterocycles. The van der Waals surface area contributed by atoms with Crippen molar-refractivity contribution in [2.24, 2.45) is 5.92 Å². The van der Waals surface area contributed by atoms with Crippen LogP contribution in [-0.2, 0) is 0 Å². The standard InChI is InChI=1S/C21H20Cl2N2O/c22-17-7-5-14(6-8-17)20(26)15-9-11-25(12-10-15)19-13-16-3-1-2-4-18(16)21(23)24-19/h1-8,13,15,20,26H,9-12H2. The Morgan fingerprint density at radius 3 is 2.42 bits per heavy atom. The fourth-order valence-electron chi connectivity index (χ4n) is 3.68. The van der Waals surface area contributed by atoms with E-state index in [-0.39, 0.29) is 5.92 Å². The van der Waals surface area contributed by atoms with Crippen molar-refractivity contribution in [2.45, 2.75) is 18.9 Å². The van der Waals surface area contributed by atoms with E-state index in [4.69, 9.17) is 23.2 Å². The van der Waals surface area contributed by atoms with Gasteiger partial charge in [-0.3, -0.25) is 0 Å². The van der Waals surface area contributed by atoms with Crippen LogP contribution >= 0.6 is 23.2 Å². The third kappa shape index (κ3) is 3.52. The first kappa shape index (κ1) is 17.6. The maximum atomic E-state index is 10.7. The number of hydrogen-bond acceptors (Lipinski definition) is 3. The summed E-state index contributed by atoms with van der Waals surface area (Å²) in [7, 11) is 0. The predicted molar refractivity (Wildman–Crippen MR) is 108 cm³/mol.